The quantitative estimate of drug-likeness (QED) is 0.161. The highest BCUT2D eigenvalue weighted by Gasteiger charge is 2.31. The molecule has 0 saturated heterocycles. The third kappa shape index (κ3) is 8.16. The molecule has 2 aromatic carbocycles. The van der Waals surface area contributed by atoms with Crippen LogP contribution in [0.15, 0.2) is 76.6 Å². The van der Waals surface area contributed by atoms with Crippen LogP contribution in [0.4, 0.5) is 24.5 Å². The lowest BCUT2D eigenvalue weighted by atomic mass is 10.1. The molecule has 0 fully saturated rings. The molecule has 1 amide bonds. The molecule has 1 N–H and O–H groups in total. The molecule has 0 aliphatic heterocycles. The Hall–Kier alpha value is -4.17. The molecule has 0 unspecified atom stereocenters. The number of aromatic nitrogens is 1. The van der Waals surface area contributed by atoms with Gasteiger partial charge in [-0.05, 0) is 55.3 Å². The molecule has 14 heteroatoms. The maximum atomic E-state index is 13.2. The lowest BCUT2D eigenvalue weighted by Crippen LogP contribution is -2.42. The summed E-state index contributed by atoms with van der Waals surface area (Å²) < 4.78 is 68.0. The number of nitrogens with zero attached hydrogens (tertiary/aromatic N) is 4. The number of ether oxygens (including phenoxy) is 1. The first-order valence-electron chi connectivity index (χ1n) is 11.9. The number of hydrogen-bond acceptors (Lipinski definition) is 6. The third-order valence-electron chi connectivity index (χ3n) is 5.67. The Morgan fingerprint density at radius 1 is 1.07 bits per heavy atom. The van der Waals surface area contributed by atoms with Crippen LogP contribution in [0.3, 0.4) is 0 Å². The van der Waals surface area contributed by atoms with Crippen LogP contribution in [-0.2, 0) is 21.4 Å². The summed E-state index contributed by atoms with van der Waals surface area (Å²) >= 11 is 0. The standard InChI is InChI=1S/C26H28F3N5O5S/c1-19-8-4-5-9-22(19)24(31-34(18-35)20-11-13-21(14-12-20)39-26(27,28)29)30-23-10-6-15-33(25(23)36)16-7-17-40(37,38)32(2)3/h4-6,8-15,18H,7,16-17H2,1-3H3,(H,30,31). The molecule has 0 aliphatic rings. The van der Waals surface area contributed by atoms with Gasteiger partial charge >= 0.3 is 6.36 Å². The van der Waals surface area contributed by atoms with Crippen molar-refractivity contribution in [3.63, 3.8) is 0 Å². The summed E-state index contributed by atoms with van der Waals surface area (Å²) in [6, 6.07) is 14.7. The lowest BCUT2D eigenvalue weighted by Gasteiger charge is -2.22. The molecule has 0 spiro atoms. The molecule has 10 nitrogen and oxygen atoms in total. The monoisotopic (exact) mass is 579 g/mol. The van der Waals surface area contributed by atoms with E-state index in [1.54, 1.807) is 37.3 Å². The highest BCUT2D eigenvalue weighted by Crippen LogP contribution is 2.25. The fourth-order valence-electron chi connectivity index (χ4n) is 3.56. The number of sulfonamides is 1. The van der Waals surface area contributed by atoms with Gasteiger partial charge in [-0.2, -0.15) is 0 Å². The van der Waals surface area contributed by atoms with Gasteiger partial charge in [-0.3, -0.25) is 15.0 Å². The van der Waals surface area contributed by atoms with Crippen LogP contribution in [0.2, 0.25) is 0 Å². The number of anilines is 1. The Kier molecular flexibility index (Phi) is 9.71. The van der Waals surface area contributed by atoms with Crippen LogP contribution in [0.5, 0.6) is 5.75 Å². The number of pyridine rings is 1. The minimum absolute atomic E-state index is 0.0171. The first-order valence-corrected chi connectivity index (χ1v) is 13.5. The minimum atomic E-state index is -4.86. The lowest BCUT2D eigenvalue weighted by molar-refractivity contribution is -0.274. The fourth-order valence-corrected chi connectivity index (χ4v) is 4.42. The van der Waals surface area contributed by atoms with E-state index in [1.165, 1.54) is 43.1 Å². The number of carbonyl (C=O) groups is 1. The second-order valence-electron chi connectivity index (χ2n) is 8.75. The molecule has 3 rings (SSSR count). The smallest absolute Gasteiger partial charge is 0.406 e. The molecule has 0 bridgehead atoms. The normalized spacial score (nSPS) is 12.3. The molecule has 0 atom stereocenters. The highest BCUT2D eigenvalue weighted by atomic mass is 32.2. The number of amides is 1. The van der Waals surface area contributed by atoms with Gasteiger partial charge in [0.05, 0.1) is 11.4 Å². The van der Waals surface area contributed by atoms with Gasteiger partial charge in [-0.15, -0.1) is 13.2 Å². The summed E-state index contributed by atoms with van der Waals surface area (Å²) in [4.78, 5) is 29.6. The summed E-state index contributed by atoms with van der Waals surface area (Å²) in [6.07, 6.45) is -2.74. The number of rotatable bonds is 11. The van der Waals surface area contributed by atoms with Gasteiger partial charge in [0.25, 0.3) is 5.56 Å². The summed E-state index contributed by atoms with van der Waals surface area (Å²) in [5.41, 5.74) is 3.87. The van der Waals surface area contributed by atoms with Crippen LogP contribution in [0.1, 0.15) is 17.5 Å². The van der Waals surface area contributed by atoms with E-state index in [2.05, 4.69) is 15.2 Å². The maximum Gasteiger partial charge on any atom is 0.573 e. The number of aryl methyl sites for hydroxylation is 2. The number of aliphatic imine (C=N–C) groups is 1. The number of hydrogen-bond donors (Lipinski definition) is 1. The predicted molar refractivity (Wildman–Crippen MR) is 145 cm³/mol. The molecule has 0 saturated carbocycles. The maximum absolute atomic E-state index is 13.2. The van der Waals surface area contributed by atoms with E-state index in [-0.39, 0.29) is 35.9 Å². The number of alkyl halides is 3. The fraction of sp³-hybridized carbons (Fsp3) is 0.269. The zero-order chi connectivity index (χ0) is 29.5. The van der Waals surface area contributed by atoms with Crippen molar-refractivity contribution in [3.8, 4) is 5.75 Å². The van der Waals surface area contributed by atoms with Crippen LogP contribution >= 0.6 is 0 Å². The van der Waals surface area contributed by atoms with Gasteiger partial charge in [-0.1, -0.05) is 24.3 Å². The molecule has 0 radical (unpaired) electrons. The first kappa shape index (κ1) is 30.4. The predicted octanol–water partition coefficient (Wildman–Crippen LogP) is 3.58. The molecule has 40 heavy (non-hydrogen) atoms. The Morgan fingerprint density at radius 3 is 2.35 bits per heavy atom. The number of hydrazine groups is 1. The molecule has 0 aliphatic carbocycles. The Bertz CT molecular complexity index is 1520. The van der Waals surface area contributed by atoms with Crippen LogP contribution in [0.25, 0.3) is 0 Å². The van der Waals surface area contributed by atoms with Gasteiger partial charge in [0.15, 0.2) is 5.84 Å². The second-order valence-corrected chi connectivity index (χ2v) is 11.1. The van der Waals surface area contributed by atoms with Crippen LogP contribution in [-0.4, -0.2) is 55.7 Å². The Labute approximate surface area is 229 Å². The average molecular weight is 580 g/mol. The largest absolute Gasteiger partial charge is 0.573 e. The van der Waals surface area contributed by atoms with Crippen molar-refractivity contribution in [3.05, 3.63) is 88.3 Å². The number of benzene rings is 2. The van der Waals surface area contributed by atoms with Crippen molar-refractivity contribution in [2.45, 2.75) is 26.3 Å². The summed E-state index contributed by atoms with van der Waals surface area (Å²) in [5, 5.41) is 0.996. The minimum Gasteiger partial charge on any atom is -0.406 e. The number of amidine groups is 1. The molecule has 1 heterocycles. The summed E-state index contributed by atoms with van der Waals surface area (Å²) in [5.74, 6) is -0.485. The van der Waals surface area contributed by atoms with Gasteiger partial charge in [0.1, 0.15) is 11.4 Å². The SMILES string of the molecule is Cc1ccccc1C(=Nc1cccn(CCCS(=O)(=O)N(C)C)c1=O)NN(C=O)c1ccc(OC(F)(F)F)cc1. The van der Waals surface area contributed by atoms with Gasteiger partial charge in [0.2, 0.25) is 16.4 Å². The third-order valence-corrected chi connectivity index (χ3v) is 7.59. The van der Waals surface area contributed by atoms with Crippen molar-refractivity contribution in [2.24, 2.45) is 4.99 Å². The Balaban J connectivity index is 1.94. The van der Waals surface area contributed by atoms with E-state index in [0.29, 0.717) is 12.0 Å². The molecular weight excluding hydrogens is 551 g/mol. The number of nitrogens with one attached hydrogen (secondary N) is 1. The molecule has 214 valence electrons. The summed E-state index contributed by atoms with van der Waals surface area (Å²) in [7, 11) is -0.558. The number of carbonyl (C=O) groups excluding carboxylic acids is 1. The van der Waals surface area contributed by atoms with Crippen molar-refractivity contribution >= 4 is 33.6 Å². The topological polar surface area (TPSA) is 113 Å². The van der Waals surface area contributed by atoms with E-state index in [4.69, 9.17) is 0 Å². The van der Waals surface area contributed by atoms with E-state index in [9.17, 15) is 31.2 Å². The molecular formula is C26H28F3N5O5S. The average Bonchev–Trinajstić information content (AvgIpc) is 2.88. The first-order chi connectivity index (χ1) is 18.8. The van der Waals surface area contributed by atoms with Crippen molar-refractivity contribution in [2.75, 3.05) is 24.9 Å². The highest BCUT2D eigenvalue weighted by molar-refractivity contribution is 7.89. The Morgan fingerprint density at radius 2 is 1.75 bits per heavy atom. The molecule has 1 aromatic heterocycles. The van der Waals surface area contributed by atoms with E-state index in [0.717, 1.165) is 27.0 Å². The van der Waals surface area contributed by atoms with Gasteiger partial charge in [0, 0.05) is 32.4 Å². The zero-order valence-corrected chi connectivity index (χ0v) is 22.7. The molecule has 3 aromatic rings. The zero-order valence-electron chi connectivity index (χ0n) is 21.9. The van der Waals surface area contributed by atoms with E-state index >= 15 is 0 Å². The van der Waals surface area contributed by atoms with E-state index < -0.39 is 27.7 Å². The van der Waals surface area contributed by atoms with Crippen molar-refractivity contribution < 1.29 is 31.1 Å². The van der Waals surface area contributed by atoms with Crippen molar-refractivity contribution in [1.82, 2.24) is 14.3 Å². The second kappa shape index (κ2) is 12.8. The van der Waals surface area contributed by atoms with E-state index in [1.807, 2.05) is 0 Å². The van der Waals surface area contributed by atoms with Crippen LogP contribution < -0.4 is 20.7 Å². The van der Waals surface area contributed by atoms with Gasteiger partial charge in [-0.25, -0.2) is 22.7 Å². The van der Waals surface area contributed by atoms with Crippen molar-refractivity contribution in [1.29, 1.82) is 0 Å². The summed E-state index contributed by atoms with van der Waals surface area (Å²) in [6.45, 7) is 1.94. The van der Waals surface area contributed by atoms with Crippen LogP contribution in [0, 0.1) is 6.92 Å². The number of halogens is 3. The van der Waals surface area contributed by atoms with Gasteiger partial charge < -0.3 is 9.30 Å².